The molecule has 7 nitrogen and oxygen atoms in total. The van der Waals surface area contributed by atoms with Crippen LogP contribution in [0.5, 0.6) is 0 Å². The zero-order valence-corrected chi connectivity index (χ0v) is 13.7. The van der Waals surface area contributed by atoms with E-state index in [9.17, 15) is 0 Å². The molecule has 0 atom stereocenters. The molecule has 0 amide bonds. The summed E-state index contributed by atoms with van der Waals surface area (Å²) in [5, 5.41) is 13.6. The number of hydrogen-bond acceptors (Lipinski definition) is 6. The molecule has 2 rings (SSSR count). The molecule has 21 heavy (non-hydrogen) atoms. The first kappa shape index (κ1) is 16.0. The van der Waals surface area contributed by atoms with Gasteiger partial charge in [-0.2, -0.15) is 5.10 Å². The minimum atomic E-state index is 0.414. The van der Waals surface area contributed by atoms with E-state index in [-0.39, 0.29) is 0 Å². The van der Waals surface area contributed by atoms with Crippen LogP contribution in [0.1, 0.15) is 38.8 Å². The number of nitrogens with two attached hydrogens (primary N) is 1. The normalized spacial score (nSPS) is 11.5. The topological polar surface area (TPSA) is 87.4 Å². The van der Waals surface area contributed by atoms with Crippen LogP contribution in [0, 0.1) is 5.92 Å². The third kappa shape index (κ3) is 4.04. The number of aromatic nitrogens is 6. The van der Waals surface area contributed by atoms with E-state index in [1.165, 1.54) is 0 Å². The van der Waals surface area contributed by atoms with Gasteiger partial charge in [0, 0.05) is 13.1 Å². The van der Waals surface area contributed by atoms with Crippen molar-refractivity contribution in [2.24, 2.45) is 11.7 Å². The predicted octanol–water partition coefficient (Wildman–Crippen LogP) is 1.69. The summed E-state index contributed by atoms with van der Waals surface area (Å²) in [5.74, 6) is 3.08. The fourth-order valence-corrected chi connectivity index (χ4v) is 2.99. The number of rotatable bonds is 8. The van der Waals surface area contributed by atoms with Gasteiger partial charge in [0.25, 0.3) is 0 Å². The highest BCUT2D eigenvalue weighted by atomic mass is 32.2. The zero-order chi connectivity index (χ0) is 15.2. The largest absolute Gasteiger partial charge is 0.324 e. The molecule has 116 valence electrons. The van der Waals surface area contributed by atoms with Gasteiger partial charge in [-0.3, -0.25) is 0 Å². The van der Waals surface area contributed by atoms with Crippen molar-refractivity contribution < 1.29 is 0 Å². The highest BCUT2D eigenvalue weighted by molar-refractivity contribution is 7.98. The van der Waals surface area contributed by atoms with Crippen molar-refractivity contribution in [1.82, 2.24) is 29.5 Å². The molecule has 0 saturated carbocycles. The van der Waals surface area contributed by atoms with E-state index in [2.05, 4.69) is 45.6 Å². The molecular formula is C13H23N7S. The molecule has 0 fully saturated rings. The summed E-state index contributed by atoms with van der Waals surface area (Å²) in [7, 11) is 0. The van der Waals surface area contributed by atoms with Crippen LogP contribution in [0.3, 0.4) is 0 Å². The van der Waals surface area contributed by atoms with E-state index in [1.54, 1.807) is 18.1 Å². The van der Waals surface area contributed by atoms with Gasteiger partial charge in [0.05, 0.1) is 12.3 Å². The Hall–Kier alpha value is -1.41. The average Bonchev–Trinajstić information content (AvgIpc) is 3.03. The molecule has 0 aliphatic carbocycles. The Morgan fingerprint density at radius 1 is 1.29 bits per heavy atom. The molecule has 0 aliphatic heterocycles. The van der Waals surface area contributed by atoms with Gasteiger partial charge in [-0.25, -0.2) is 9.67 Å². The van der Waals surface area contributed by atoms with Crippen LogP contribution < -0.4 is 5.73 Å². The minimum Gasteiger partial charge on any atom is -0.324 e. The lowest BCUT2D eigenvalue weighted by molar-refractivity contribution is 0.471. The average molecular weight is 309 g/mol. The third-order valence-electron chi connectivity index (χ3n) is 2.99. The van der Waals surface area contributed by atoms with Crippen molar-refractivity contribution >= 4 is 11.8 Å². The van der Waals surface area contributed by atoms with Gasteiger partial charge in [-0.1, -0.05) is 32.5 Å². The van der Waals surface area contributed by atoms with Crippen LogP contribution in [0.4, 0.5) is 0 Å². The molecule has 0 unspecified atom stereocenters. The molecule has 2 N–H and O–H groups in total. The molecule has 0 spiro atoms. The van der Waals surface area contributed by atoms with Crippen LogP contribution in [0.2, 0.25) is 0 Å². The second-order valence-electron chi connectivity index (χ2n) is 5.30. The SMILES string of the molecule is CCCn1c(CN)nnc1SCc1ncnn1CC(C)C. The standard InChI is InChI=1S/C13H23N7S/c1-4-5-19-11(6-14)17-18-13(19)21-8-12-15-9-16-20(12)7-10(2)3/h9-10H,4-8,14H2,1-3H3. The van der Waals surface area contributed by atoms with Crippen LogP contribution in [0.15, 0.2) is 11.5 Å². The Labute approximate surface area is 129 Å². The highest BCUT2D eigenvalue weighted by Gasteiger charge is 2.13. The lowest BCUT2D eigenvalue weighted by Crippen LogP contribution is -2.11. The van der Waals surface area contributed by atoms with Gasteiger partial charge in [0.15, 0.2) is 5.16 Å². The fraction of sp³-hybridized carbons (Fsp3) is 0.692. The van der Waals surface area contributed by atoms with Gasteiger partial charge in [-0.05, 0) is 12.3 Å². The molecule has 0 bridgehead atoms. The molecule has 0 saturated heterocycles. The Morgan fingerprint density at radius 2 is 2.10 bits per heavy atom. The van der Waals surface area contributed by atoms with Crippen molar-refractivity contribution in [3.8, 4) is 0 Å². The summed E-state index contributed by atoms with van der Waals surface area (Å²) in [6.45, 7) is 8.66. The number of hydrogen-bond donors (Lipinski definition) is 1. The molecule has 2 aromatic rings. The lowest BCUT2D eigenvalue weighted by atomic mass is 10.2. The Bertz CT molecular complexity index is 561. The first-order valence-electron chi connectivity index (χ1n) is 7.27. The van der Waals surface area contributed by atoms with Gasteiger partial charge >= 0.3 is 0 Å². The summed E-state index contributed by atoms with van der Waals surface area (Å²) in [4.78, 5) is 4.34. The van der Waals surface area contributed by atoms with Crippen LogP contribution in [0.25, 0.3) is 0 Å². The molecule has 0 aromatic carbocycles. The van der Waals surface area contributed by atoms with E-state index < -0.39 is 0 Å². The third-order valence-corrected chi connectivity index (χ3v) is 3.95. The first-order valence-corrected chi connectivity index (χ1v) is 8.25. The van der Waals surface area contributed by atoms with Crippen molar-refractivity contribution in [2.45, 2.75) is 57.7 Å². The summed E-state index contributed by atoms with van der Waals surface area (Å²) in [6, 6.07) is 0. The number of thioether (sulfide) groups is 1. The van der Waals surface area contributed by atoms with E-state index >= 15 is 0 Å². The Morgan fingerprint density at radius 3 is 2.76 bits per heavy atom. The summed E-state index contributed by atoms with van der Waals surface area (Å²) in [5.41, 5.74) is 5.70. The van der Waals surface area contributed by atoms with E-state index in [0.29, 0.717) is 12.5 Å². The second kappa shape index (κ2) is 7.56. The van der Waals surface area contributed by atoms with E-state index in [0.717, 1.165) is 42.1 Å². The zero-order valence-electron chi connectivity index (χ0n) is 12.9. The minimum absolute atomic E-state index is 0.414. The highest BCUT2D eigenvalue weighted by Crippen LogP contribution is 2.21. The van der Waals surface area contributed by atoms with Crippen molar-refractivity contribution in [3.63, 3.8) is 0 Å². The maximum atomic E-state index is 5.70. The molecule has 8 heteroatoms. The van der Waals surface area contributed by atoms with Crippen LogP contribution >= 0.6 is 11.8 Å². The predicted molar refractivity (Wildman–Crippen MR) is 82.6 cm³/mol. The first-order chi connectivity index (χ1) is 10.2. The van der Waals surface area contributed by atoms with Crippen molar-refractivity contribution in [1.29, 1.82) is 0 Å². The molecule has 2 aromatic heterocycles. The molecule has 0 radical (unpaired) electrons. The van der Waals surface area contributed by atoms with Crippen molar-refractivity contribution in [3.05, 3.63) is 18.0 Å². The van der Waals surface area contributed by atoms with Gasteiger partial charge in [0.2, 0.25) is 0 Å². The quantitative estimate of drug-likeness (QED) is 0.747. The van der Waals surface area contributed by atoms with Crippen molar-refractivity contribution in [2.75, 3.05) is 0 Å². The summed E-state index contributed by atoms with van der Waals surface area (Å²) < 4.78 is 4.05. The molecule has 0 aliphatic rings. The monoisotopic (exact) mass is 309 g/mol. The second-order valence-corrected chi connectivity index (χ2v) is 6.24. The summed E-state index contributed by atoms with van der Waals surface area (Å²) >= 11 is 1.63. The van der Waals surface area contributed by atoms with E-state index in [1.807, 2.05) is 4.68 Å². The number of nitrogens with zero attached hydrogens (tertiary/aromatic N) is 6. The smallest absolute Gasteiger partial charge is 0.191 e. The summed E-state index contributed by atoms with van der Waals surface area (Å²) in [6.07, 6.45) is 2.64. The maximum Gasteiger partial charge on any atom is 0.191 e. The van der Waals surface area contributed by atoms with E-state index in [4.69, 9.17) is 5.73 Å². The Balaban J connectivity index is 2.06. The Kier molecular flexibility index (Phi) is 5.75. The van der Waals surface area contributed by atoms with Gasteiger partial charge < -0.3 is 10.3 Å². The van der Waals surface area contributed by atoms with Crippen LogP contribution in [-0.2, 0) is 25.4 Å². The fourth-order valence-electron chi connectivity index (χ4n) is 2.05. The van der Waals surface area contributed by atoms with Crippen LogP contribution in [-0.4, -0.2) is 29.5 Å². The van der Waals surface area contributed by atoms with Gasteiger partial charge in [-0.15, -0.1) is 10.2 Å². The lowest BCUT2D eigenvalue weighted by Gasteiger charge is -2.09. The maximum absolute atomic E-state index is 5.70. The molecular weight excluding hydrogens is 286 g/mol. The van der Waals surface area contributed by atoms with Gasteiger partial charge in [0.1, 0.15) is 18.0 Å². The molecule has 2 heterocycles.